The van der Waals surface area contributed by atoms with E-state index in [4.69, 9.17) is 4.74 Å². The highest BCUT2D eigenvalue weighted by atomic mass is 32.2. The van der Waals surface area contributed by atoms with E-state index < -0.39 is 10.0 Å². The average molecular weight is 370 g/mol. The number of para-hydroxylation sites is 1. The Kier molecular flexibility index (Phi) is 5.42. The number of hydrogen-bond acceptors (Lipinski definition) is 4. The Hall–Kier alpha value is -2.60. The molecule has 3 rings (SSSR count). The second kappa shape index (κ2) is 7.74. The van der Waals surface area contributed by atoms with Gasteiger partial charge in [0.05, 0.1) is 6.26 Å². The van der Waals surface area contributed by atoms with Gasteiger partial charge in [0, 0.05) is 23.9 Å². The van der Waals surface area contributed by atoms with Gasteiger partial charge in [-0.1, -0.05) is 55.8 Å². The number of rotatable bonds is 6. The van der Waals surface area contributed by atoms with Crippen LogP contribution in [0.15, 0.2) is 65.4 Å². The van der Waals surface area contributed by atoms with Crippen LogP contribution in [0.3, 0.4) is 0 Å². The Morgan fingerprint density at radius 3 is 2.42 bits per heavy atom. The smallest absolute Gasteiger partial charge is 0.233 e. The zero-order chi connectivity index (χ0) is 18.6. The van der Waals surface area contributed by atoms with E-state index >= 15 is 0 Å². The number of sulfonamides is 1. The average Bonchev–Trinajstić information content (AvgIpc) is 2.82. The standard InChI is InChI=1S/C20H22N2O3S/c1-3-4-14-22(26(2,23)24)20-19(16-10-6-5-7-11-16)25-18-13-9-8-12-17(18)15-21-20/h5-13,15H,3-4,14H2,1-2H3. The van der Waals surface area contributed by atoms with E-state index in [0.717, 1.165) is 24.0 Å². The van der Waals surface area contributed by atoms with E-state index in [1.807, 2.05) is 61.5 Å². The molecule has 0 aliphatic carbocycles. The highest BCUT2D eigenvalue weighted by Crippen LogP contribution is 2.32. The lowest BCUT2D eigenvalue weighted by Crippen LogP contribution is -2.31. The molecule has 5 nitrogen and oxygen atoms in total. The minimum atomic E-state index is -3.50. The summed E-state index contributed by atoms with van der Waals surface area (Å²) in [6.07, 6.45) is 4.47. The molecular formula is C20H22N2O3S. The predicted octanol–water partition coefficient (Wildman–Crippen LogP) is 3.89. The second-order valence-corrected chi connectivity index (χ2v) is 8.01. The van der Waals surface area contributed by atoms with Crippen LogP contribution in [0.1, 0.15) is 30.9 Å². The largest absolute Gasteiger partial charge is 0.452 e. The van der Waals surface area contributed by atoms with Crippen LogP contribution in [0.5, 0.6) is 5.75 Å². The van der Waals surface area contributed by atoms with Gasteiger partial charge in [-0.25, -0.2) is 13.4 Å². The third-order valence-electron chi connectivity index (χ3n) is 4.05. The topological polar surface area (TPSA) is 59.0 Å². The molecule has 0 bridgehead atoms. The Labute approximate surface area is 154 Å². The van der Waals surface area contributed by atoms with Crippen molar-refractivity contribution in [3.05, 3.63) is 71.5 Å². The third-order valence-corrected chi connectivity index (χ3v) is 5.20. The summed E-state index contributed by atoms with van der Waals surface area (Å²) in [6.45, 7) is 2.38. The highest BCUT2D eigenvalue weighted by molar-refractivity contribution is 7.88. The quantitative estimate of drug-likeness (QED) is 0.775. The van der Waals surface area contributed by atoms with Crippen LogP contribution in [0.4, 0.5) is 0 Å². The molecule has 2 aromatic carbocycles. The van der Waals surface area contributed by atoms with Crippen molar-refractivity contribution in [3.8, 4) is 5.75 Å². The van der Waals surface area contributed by atoms with Crippen molar-refractivity contribution in [2.75, 3.05) is 12.8 Å². The van der Waals surface area contributed by atoms with Crippen LogP contribution >= 0.6 is 0 Å². The molecule has 0 saturated carbocycles. The van der Waals surface area contributed by atoms with Gasteiger partial charge in [-0.15, -0.1) is 0 Å². The van der Waals surface area contributed by atoms with E-state index in [2.05, 4.69) is 4.99 Å². The predicted molar refractivity (Wildman–Crippen MR) is 104 cm³/mol. The van der Waals surface area contributed by atoms with Crippen LogP contribution in [-0.2, 0) is 10.0 Å². The van der Waals surface area contributed by atoms with Crippen molar-refractivity contribution in [2.24, 2.45) is 4.99 Å². The van der Waals surface area contributed by atoms with Crippen LogP contribution < -0.4 is 4.74 Å². The van der Waals surface area contributed by atoms with E-state index in [1.165, 1.54) is 10.6 Å². The van der Waals surface area contributed by atoms with Crippen molar-refractivity contribution >= 4 is 22.0 Å². The van der Waals surface area contributed by atoms with Crippen LogP contribution in [0, 0.1) is 0 Å². The van der Waals surface area contributed by atoms with Gasteiger partial charge in [0.15, 0.2) is 11.6 Å². The zero-order valence-electron chi connectivity index (χ0n) is 14.9. The maximum Gasteiger partial charge on any atom is 0.233 e. The van der Waals surface area contributed by atoms with Crippen LogP contribution in [0.2, 0.25) is 0 Å². The first kappa shape index (κ1) is 18.2. The molecule has 0 N–H and O–H groups in total. The van der Waals surface area contributed by atoms with Gasteiger partial charge in [0.2, 0.25) is 10.0 Å². The van der Waals surface area contributed by atoms with Crippen molar-refractivity contribution in [3.63, 3.8) is 0 Å². The van der Waals surface area contributed by atoms with Gasteiger partial charge in [-0.3, -0.25) is 4.31 Å². The lowest BCUT2D eigenvalue weighted by molar-refractivity contribution is 0.443. The van der Waals surface area contributed by atoms with E-state index in [9.17, 15) is 8.42 Å². The fraction of sp³-hybridized carbons (Fsp3) is 0.250. The maximum absolute atomic E-state index is 12.5. The van der Waals surface area contributed by atoms with E-state index in [0.29, 0.717) is 23.9 Å². The zero-order valence-corrected chi connectivity index (χ0v) is 15.7. The Morgan fingerprint density at radius 1 is 1.04 bits per heavy atom. The summed E-state index contributed by atoms with van der Waals surface area (Å²) in [5, 5.41) is 0. The minimum Gasteiger partial charge on any atom is -0.452 e. The normalized spacial score (nSPS) is 13.8. The summed E-state index contributed by atoms with van der Waals surface area (Å²) in [5.41, 5.74) is 1.58. The summed E-state index contributed by atoms with van der Waals surface area (Å²) in [4.78, 5) is 4.52. The molecular weight excluding hydrogens is 348 g/mol. The second-order valence-electron chi connectivity index (χ2n) is 6.11. The summed E-state index contributed by atoms with van der Waals surface area (Å²) in [5.74, 6) is 1.39. The summed E-state index contributed by atoms with van der Waals surface area (Å²) in [6, 6.07) is 17.0. The Bertz CT molecular complexity index is 935. The number of unbranched alkanes of at least 4 members (excludes halogenated alkanes) is 1. The molecule has 0 spiro atoms. The Balaban J connectivity index is 2.19. The van der Waals surface area contributed by atoms with E-state index in [-0.39, 0.29) is 0 Å². The summed E-state index contributed by atoms with van der Waals surface area (Å²) < 4.78 is 32.4. The molecule has 0 radical (unpaired) electrons. The van der Waals surface area contributed by atoms with Crippen molar-refractivity contribution in [2.45, 2.75) is 19.8 Å². The molecule has 136 valence electrons. The van der Waals surface area contributed by atoms with Gasteiger partial charge in [0.1, 0.15) is 5.75 Å². The highest BCUT2D eigenvalue weighted by Gasteiger charge is 2.26. The molecule has 2 aromatic rings. The van der Waals surface area contributed by atoms with Crippen LogP contribution in [-0.4, -0.2) is 31.7 Å². The molecule has 0 atom stereocenters. The van der Waals surface area contributed by atoms with Crippen LogP contribution in [0.25, 0.3) is 5.76 Å². The third kappa shape index (κ3) is 3.96. The monoisotopic (exact) mass is 370 g/mol. The van der Waals surface area contributed by atoms with Gasteiger partial charge < -0.3 is 4.74 Å². The maximum atomic E-state index is 12.5. The molecule has 0 saturated heterocycles. The molecule has 0 amide bonds. The first-order valence-electron chi connectivity index (χ1n) is 8.59. The van der Waals surface area contributed by atoms with Crippen molar-refractivity contribution in [1.82, 2.24) is 4.31 Å². The van der Waals surface area contributed by atoms with Gasteiger partial charge in [-0.2, -0.15) is 0 Å². The number of hydrogen-bond donors (Lipinski definition) is 0. The molecule has 6 heteroatoms. The molecule has 1 aliphatic heterocycles. The van der Waals surface area contributed by atoms with Crippen molar-refractivity contribution < 1.29 is 13.2 Å². The summed E-state index contributed by atoms with van der Waals surface area (Å²) >= 11 is 0. The first-order chi connectivity index (χ1) is 12.5. The number of ether oxygens (including phenoxy) is 1. The fourth-order valence-corrected chi connectivity index (χ4v) is 3.62. The van der Waals surface area contributed by atoms with Crippen molar-refractivity contribution in [1.29, 1.82) is 0 Å². The number of nitrogens with zero attached hydrogens (tertiary/aromatic N) is 2. The molecule has 0 fully saturated rings. The van der Waals surface area contributed by atoms with Gasteiger partial charge in [-0.05, 0) is 18.6 Å². The molecule has 1 aliphatic rings. The lowest BCUT2D eigenvalue weighted by atomic mass is 10.2. The molecule has 0 unspecified atom stereocenters. The fourth-order valence-electron chi connectivity index (χ4n) is 2.71. The SMILES string of the molecule is CCCCN(C1=C(c2ccccc2)Oc2ccccc2C=N1)S(C)(=O)=O. The molecule has 26 heavy (non-hydrogen) atoms. The first-order valence-corrected chi connectivity index (χ1v) is 10.4. The number of benzene rings is 2. The van der Waals surface area contributed by atoms with Gasteiger partial charge in [0.25, 0.3) is 0 Å². The molecule has 1 heterocycles. The summed E-state index contributed by atoms with van der Waals surface area (Å²) in [7, 11) is -3.50. The Morgan fingerprint density at radius 2 is 1.73 bits per heavy atom. The lowest BCUT2D eigenvalue weighted by Gasteiger charge is -2.24. The minimum absolute atomic E-state index is 0.309. The van der Waals surface area contributed by atoms with E-state index in [1.54, 1.807) is 6.21 Å². The number of aliphatic imine (C=N–C) groups is 1. The van der Waals surface area contributed by atoms with Gasteiger partial charge >= 0.3 is 0 Å². The number of fused-ring (bicyclic) bond motifs is 1. The molecule has 0 aromatic heterocycles.